The Labute approximate surface area is 361 Å². The molecule has 0 aliphatic heterocycles. The van der Waals surface area contributed by atoms with Gasteiger partial charge in [-0.3, -0.25) is 0 Å². The normalized spacial score (nSPS) is 16.1. The topological polar surface area (TPSA) is 9.23 Å². The number of unbranched alkanes of at least 4 members (excludes halogenated alkanes) is 3. The van der Waals surface area contributed by atoms with Crippen molar-refractivity contribution in [1.29, 1.82) is 0 Å². The van der Waals surface area contributed by atoms with Crippen molar-refractivity contribution in [3.63, 3.8) is 0 Å². The Morgan fingerprint density at radius 1 is 0.571 bits per heavy atom. The smallest absolute Gasteiger partial charge is 1.00 e. The van der Waals surface area contributed by atoms with E-state index in [4.69, 9.17) is 4.74 Å². The summed E-state index contributed by atoms with van der Waals surface area (Å²) in [5.41, 5.74) is 17.5. The van der Waals surface area contributed by atoms with Crippen molar-refractivity contribution in [2.75, 3.05) is 6.61 Å². The molecule has 5 heteroatoms. The van der Waals surface area contributed by atoms with Crippen LogP contribution in [0.25, 0.3) is 23.3 Å². The molecule has 0 N–H and O–H groups in total. The molecular weight excluding hydrogens is 819 g/mol. The van der Waals surface area contributed by atoms with Gasteiger partial charge in [-0.25, -0.2) is 0 Å². The van der Waals surface area contributed by atoms with Gasteiger partial charge in [0.25, 0.3) is 0 Å². The predicted octanol–water partition coefficient (Wildman–Crippen LogP) is 8.41. The zero-order chi connectivity index (χ0) is 39.0. The maximum atomic E-state index is 6.08. The van der Waals surface area contributed by atoms with Gasteiger partial charge in [-0.2, -0.15) is 0 Å². The van der Waals surface area contributed by atoms with Gasteiger partial charge in [0.05, 0.1) is 0 Å². The standard InChI is InChI=1S/2C20H21.C11H24OSi.2ClH.Zr/c2*1-14-11-18(20(2,3)4)9-10-19(14)17-12-15-7-5-6-8-16(15)13-17;1-11(2,3)12-9-7-5-6-8-10-13-4;;;/h2*5-13H,1-4H3;5-10H2,1-4H3;2*1H;/q;;;;;+2/p-2. The Hall–Kier alpha value is -2.00. The molecule has 4 aromatic carbocycles. The molecule has 0 fully saturated rings. The molecule has 0 saturated heterocycles. The molecule has 1 nitrogen and oxygen atoms in total. The number of allylic oxidation sites excluding steroid dienone is 2. The summed E-state index contributed by atoms with van der Waals surface area (Å²) in [6, 6.07) is 35.1. The summed E-state index contributed by atoms with van der Waals surface area (Å²) in [6.07, 6.45) is 10.3. The number of benzene rings is 4. The second kappa shape index (κ2) is 18.9. The molecule has 2 atom stereocenters. The van der Waals surface area contributed by atoms with E-state index < -0.39 is 25.8 Å². The number of rotatable bonds is 11. The molecule has 0 saturated carbocycles. The second-order valence-corrected chi connectivity index (χ2v) is 36.1. The van der Waals surface area contributed by atoms with Crippen LogP contribution in [0.4, 0.5) is 0 Å². The fourth-order valence-electron chi connectivity index (χ4n) is 8.72. The molecular formula is C51H66Cl2OSiZr. The van der Waals surface area contributed by atoms with E-state index in [1.807, 2.05) is 0 Å². The predicted molar refractivity (Wildman–Crippen MR) is 234 cm³/mol. The number of fused-ring (bicyclic) bond motifs is 2. The maximum absolute atomic E-state index is 6.08. The van der Waals surface area contributed by atoms with Gasteiger partial charge < -0.3 is 24.8 Å². The summed E-state index contributed by atoms with van der Waals surface area (Å²) in [6.45, 7) is 28.9. The minimum Gasteiger partial charge on any atom is -1.00 e. The Morgan fingerprint density at radius 2 is 1.00 bits per heavy atom. The third-order valence-corrected chi connectivity index (χ3v) is 32.5. The van der Waals surface area contributed by atoms with E-state index in [1.165, 1.54) is 69.8 Å². The van der Waals surface area contributed by atoms with Crippen LogP contribution >= 0.6 is 0 Å². The minimum absolute atomic E-state index is 0. The van der Waals surface area contributed by atoms with Gasteiger partial charge in [-0.1, -0.05) is 0 Å². The number of hydrogen-bond acceptors (Lipinski definition) is 1. The molecule has 298 valence electrons. The average molecular weight is 885 g/mol. The monoisotopic (exact) mass is 882 g/mol. The third kappa shape index (κ3) is 10.6. The van der Waals surface area contributed by atoms with E-state index in [2.05, 4.69) is 180 Å². The van der Waals surface area contributed by atoms with Crippen LogP contribution in [-0.2, 0) is 35.9 Å². The van der Waals surface area contributed by atoms with Crippen LogP contribution in [0.1, 0.15) is 151 Å². The summed E-state index contributed by atoms with van der Waals surface area (Å²) in [5, 5.41) is 0. The first-order valence-electron chi connectivity index (χ1n) is 20.6. The van der Waals surface area contributed by atoms with E-state index >= 15 is 0 Å². The maximum Gasteiger partial charge on any atom is -1.00 e. The van der Waals surface area contributed by atoms with Gasteiger partial charge in [-0.05, 0) is 0 Å². The van der Waals surface area contributed by atoms with Gasteiger partial charge in [-0.15, -0.1) is 0 Å². The molecule has 0 spiro atoms. The summed E-state index contributed by atoms with van der Waals surface area (Å²) in [5.74, 6) is 0. The first kappa shape index (κ1) is 46.7. The number of aryl methyl sites for hydroxylation is 2. The van der Waals surface area contributed by atoms with Gasteiger partial charge >= 0.3 is 339 Å². The van der Waals surface area contributed by atoms with Crippen molar-refractivity contribution in [1.82, 2.24) is 0 Å². The first-order chi connectivity index (χ1) is 25.4. The van der Waals surface area contributed by atoms with Crippen LogP contribution in [0, 0.1) is 13.8 Å². The van der Waals surface area contributed by atoms with Crippen LogP contribution in [0.2, 0.25) is 12.6 Å². The quantitative estimate of drug-likeness (QED) is 0.109. The number of hydrogen-bond donors (Lipinski definition) is 0. The second-order valence-electron chi connectivity index (χ2n) is 19.2. The van der Waals surface area contributed by atoms with E-state index in [1.54, 1.807) is 22.3 Å². The third-order valence-electron chi connectivity index (χ3n) is 11.8. The fourth-order valence-corrected chi connectivity index (χ4v) is 31.7. The van der Waals surface area contributed by atoms with Crippen LogP contribution in [0.3, 0.4) is 0 Å². The number of halogens is 2. The van der Waals surface area contributed by atoms with E-state index in [9.17, 15) is 0 Å². The van der Waals surface area contributed by atoms with Crippen molar-refractivity contribution in [2.24, 2.45) is 0 Å². The van der Waals surface area contributed by atoms with Crippen molar-refractivity contribution < 1.29 is 49.9 Å². The van der Waals surface area contributed by atoms with E-state index in [0.717, 1.165) is 13.0 Å². The van der Waals surface area contributed by atoms with Crippen LogP contribution < -0.4 is 24.8 Å². The summed E-state index contributed by atoms with van der Waals surface area (Å²) < 4.78 is 7.13. The van der Waals surface area contributed by atoms with Gasteiger partial charge in [0.15, 0.2) is 0 Å². The molecule has 0 bridgehead atoms. The van der Waals surface area contributed by atoms with E-state index in [0.29, 0.717) is 7.25 Å². The summed E-state index contributed by atoms with van der Waals surface area (Å²) in [7, 11) is 0. The van der Waals surface area contributed by atoms with Crippen molar-refractivity contribution in [2.45, 2.75) is 138 Å². The zero-order valence-electron chi connectivity index (χ0n) is 36.3. The molecule has 56 heavy (non-hydrogen) atoms. The average Bonchev–Trinajstić information content (AvgIpc) is 3.66. The molecule has 6 rings (SSSR count). The van der Waals surface area contributed by atoms with E-state index in [-0.39, 0.29) is 41.2 Å². The minimum atomic E-state index is -2.52. The number of ether oxygens (including phenoxy) is 1. The van der Waals surface area contributed by atoms with Crippen molar-refractivity contribution >= 4 is 28.7 Å². The van der Waals surface area contributed by atoms with Crippen molar-refractivity contribution in [3.8, 4) is 0 Å². The van der Waals surface area contributed by atoms with Crippen LogP contribution in [-0.4, -0.2) is 17.6 Å². The Kier molecular flexibility index (Phi) is 15.8. The van der Waals surface area contributed by atoms with Gasteiger partial charge in [0, 0.05) is 0 Å². The molecule has 0 radical (unpaired) electrons. The summed E-state index contributed by atoms with van der Waals surface area (Å²) in [4.78, 5) is 0. The Morgan fingerprint density at radius 3 is 1.41 bits per heavy atom. The Balaban J connectivity index is 0.00000348. The molecule has 0 aromatic heterocycles. The molecule has 2 aliphatic carbocycles. The summed E-state index contributed by atoms with van der Waals surface area (Å²) >= 11 is -2.52. The van der Waals surface area contributed by atoms with Crippen molar-refractivity contribution in [3.05, 3.63) is 141 Å². The van der Waals surface area contributed by atoms with Crippen LogP contribution in [0.5, 0.6) is 0 Å². The first-order valence-corrected chi connectivity index (χ1v) is 29.3. The molecule has 4 aromatic rings. The largest absolute Gasteiger partial charge is 1.00 e. The van der Waals surface area contributed by atoms with Gasteiger partial charge in [0.2, 0.25) is 0 Å². The van der Waals surface area contributed by atoms with Crippen LogP contribution in [0.15, 0.2) is 84.9 Å². The molecule has 2 aliphatic rings. The zero-order valence-corrected chi connectivity index (χ0v) is 41.3. The Bertz CT molecular complexity index is 1970. The molecule has 0 amide bonds. The SMILES string of the molecule is Cc1cc(C(C)(C)C)ccc1C1=Cc2ccccc2[CH]1[Zr+2]([CH]1C(c2ccc(C(C)(C)C)cc2C)=Cc2ccccc21)=[Si](C)CCCCCCOC(C)(C)C.[Cl-].[Cl-]. The van der Waals surface area contributed by atoms with Gasteiger partial charge in [0.1, 0.15) is 0 Å². The molecule has 0 heterocycles. The molecule has 2 unspecified atom stereocenters. The fraction of sp³-hybridized carbons (Fsp3) is 0.451.